The fourth-order valence-electron chi connectivity index (χ4n) is 2.11. The van der Waals surface area contributed by atoms with E-state index in [-0.39, 0.29) is 41.7 Å². The van der Waals surface area contributed by atoms with Gasteiger partial charge in [0, 0.05) is 37.1 Å². The number of primary amides is 1. The Labute approximate surface area is 170 Å². The zero-order valence-electron chi connectivity index (χ0n) is 15.1. The Morgan fingerprint density at radius 2 is 1.90 bits per heavy atom. The minimum atomic E-state index is -0.875. The molecular formula is C18H17ClFN5O4. The molecule has 0 unspecified atom stereocenters. The lowest BCUT2D eigenvalue weighted by Gasteiger charge is -2.11. The molecule has 1 aromatic carbocycles. The Morgan fingerprint density at radius 3 is 2.55 bits per heavy atom. The van der Waals surface area contributed by atoms with E-state index in [0.29, 0.717) is 5.70 Å². The summed E-state index contributed by atoms with van der Waals surface area (Å²) in [5, 5.41) is 4.95. The summed E-state index contributed by atoms with van der Waals surface area (Å²) >= 11 is 5.56. The van der Waals surface area contributed by atoms with Crippen molar-refractivity contribution in [1.29, 1.82) is 0 Å². The van der Waals surface area contributed by atoms with Crippen LogP contribution in [0.1, 0.15) is 27.4 Å². The van der Waals surface area contributed by atoms with Crippen LogP contribution in [0.3, 0.4) is 0 Å². The maximum Gasteiger partial charge on any atom is 0.272 e. The van der Waals surface area contributed by atoms with Crippen LogP contribution >= 0.6 is 11.6 Å². The topological polar surface area (TPSA) is 136 Å². The highest BCUT2D eigenvalue weighted by Gasteiger charge is 2.17. The van der Waals surface area contributed by atoms with Crippen molar-refractivity contribution in [1.82, 2.24) is 20.6 Å². The van der Waals surface area contributed by atoms with Gasteiger partial charge in [0.25, 0.3) is 17.7 Å². The first kappa shape index (κ1) is 21.8. The molecule has 1 heterocycles. The Balaban J connectivity index is 1.75. The van der Waals surface area contributed by atoms with E-state index in [2.05, 4.69) is 27.2 Å². The Bertz CT molecular complexity index is 954. The normalized spacial score (nSPS) is 10.1. The summed E-state index contributed by atoms with van der Waals surface area (Å²) < 4.78 is 18.5. The van der Waals surface area contributed by atoms with Crippen LogP contribution in [0.5, 0.6) is 5.75 Å². The second-order valence-corrected chi connectivity index (χ2v) is 6.05. The summed E-state index contributed by atoms with van der Waals surface area (Å²) in [6, 6.07) is 3.80. The number of benzene rings is 1. The van der Waals surface area contributed by atoms with Crippen LogP contribution in [0.4, 0.5) is 4.39 Å². The lowest BCUT2D eigenvalue weighted by Crippen LogP contribution is -2.32. The first-order valence-electron chi connectivity index (χ1n) is 8.22. The van der Waals surface area contributed by atoms with E-state index in [0.717, 1.165) is 6.07 Å². The zero-order chi connectivity index (χ0) is 21.4. The number of rotatable bonds is 9. The first-order valence-corrected chi connectivity index (χ1v) is 8.60. The summed E-state index contributed by atoms with van der Waals surface area (Å²) in [6.45, 7) is 3.41. The highest BCUT2D eigenvalue weighted by atomic mass is 35.5. The molecule has 0 bridgehead atoms. The predicted molar refractivity (Wildman–Crippen MR) is 102 cm³/mol. The van der Waals surface area contributed by atoms with Crippen LogP contribution in [0.25, 0.3) is 0 Å². The number of ether oxygens (including phenoxy) is 1. The van der Waals surface area contributed by atoms with Crippen LogP contribution in [0, 0.1) is 5.82 Å². The third-order valence-corrected chi connectivity index (χ3v) is 3.74. The summed E-state index contributed by atoms with van der Waals surface area (Å²) in [6.07, 6.45) is 2.71. The van der Waals surface area contributed by atoms with E-state index < -0.39 is 23.5 Å². The number of hydrogen-bond donors (Lipinski definition) is 3. The SMILES string of the molecule is C=C(CCNC(=O)c1nccnc1C(N)=O)NC(=O)COc1ccc(Cl)c(F)c1. The molecule has 0 atom stereocenters. The lowest BCUT2D eigenvalue weighted by atomic mass is 10.2. The lowest BCUT2D eigenvalue weighted by molar-refractivity contribution is -0.122. The molecule has 0 radical (unpaired) electrons. The molecule has 11 heteroatoms. The first-order chi connectivity index (χ1) is 13.8. The average molecular weight is 422 g/mol. The van der Waals surface area contributed by atoms with Crippen molar-refractivity contribution in [2.24, 2.45) is 5.73 Å². The van der Waals surface area contributed by atoms with Crippen LogP contribution in [-0.4, -0.2) is 40.8 Å². The molecule has 3 amide bonds. The number of halogens is 2. The fourth-order valence-corrected chi connectivity index (χ4v) is 2.22. The molecule has 29 heavy (non-hydrogen) atoms. The molecule has 2 aromatic rings. The van der Waals surface area contributed by atoms with E-state index >= 15 is 0 Å². The van der Waals surface area contributed by atoms with Crippen LogP contribution in [-0.2, 0) is 4.79 Å². The van der Waals surface area contributed by atoms with E-state index in [4.69, 9.17) is 22.1 Å². The van der Waals surface area contributed by atoms with Crippen molar-refractivity contribution in [3.05, 3.63) is 65.1 Å². The fraction of sp³-hybridized carbons (Fsp3) is 0.167. The van der Waals surface area contributed by atoms with Gasteiger partial charge in [0.2, 0.25) is 0 Å². The number of nitrogens with one attached hydrogen (secondary N) is 2. The van der Waals surface area contributed by atoms with Crippen molar-refractivity contribution in [3.8, 4) is 5.75 Å². The van der Waals surface area contributed by atoms with E-state index in [1.54, 1.807) is 0 Å². The summed E-state index contributed by atoms with van der Waals surface area (Å²) in [5.41, 5.74) is 5.02. The number of hydrogen-bond acceptors (Lipinski definition) is 6. The van der Waals surface area contributed by atoms with Crippen LogP contribution in [0.2, 0.25) is 5.02 Å². The van der Waals surface area contributed by atoms with Crippen molar-refractivity contribution >= 4 is 29.3 Å². The maximum atomic E-state index is 13.3. The van der Waals surface area contributed by atoms with Gasteiger partial charge in [0.15, 0.2) is 18.0 Å². The molecule has 0 saturated heterocycles. The summed E-state index contributed by atoms with van der Waals surface area (Å²) in [4.78, 5) is 42.7. The van der Waals surface area contributed by atoms with Gasteiger partial charge in [-0.1, -0.05) is 18.2 Å². The van der Waals surface area contributed by atoms with Gasteiger partial charge >= 0.3 is 0 Å². The molecule has 0 aliphatic rings. The van der Waals surface area contributed by atoms with Gasteiger partial charge in [-0.15, -0.1) is 0 Å². The minimum absolute atomic E-state index is 0.0540. The molecule has 1 aromatic heterocycles. The molecule has 0 saturated carbocycles. The third kappa shape index (κ3) is 6.54. The molecular weight excluding hydrogens is 405 g/mol. The molecule has 0 aliphatic heterocycles. The second-order valence-electron chi connectivity index (χ2n) is 5.64. The van der Waals surface area contributed by atoms with Crippen molar-refractivity contribution < 1.29 is 23.5 Å². The number of amides is 3. The van der Waals surface area contributed by atoms with Crippen molar-refractivity contribution in [3.63, 3.8) is 0 Å². The van der Waals surface area contributed by atoms with Gasteiger partial charge in [-0.05, 0) is 12.1 Å². The van der Waals surface area contributed by atoms with E-state index in [1.165, 1.54) is 24.5 Å². The summed E-state index contributed by atoms with van der Waals surface area (Å²) in [7, 11) is 0. The number of nitrogens with zero attached hydrogens (tertiary/aromatic N) is 2. The summed E-state index contributed by atoms with van der Waals surface area (Å²) in [5.74, 6) is -2.54. The van der Waals surface area contributed by atoms with Gasteiger partial charge in [-0.2, -0.15) is 0 Å². The molecule has 0 spiro atoms. The number of carbonyl (C=O) groups is 3. The maximum absolute atomic E-state index is 13.3. The van der Waals surface area contributed by atoms with Gasteiger partial charge in [0.1, 0.15) is 11.6 Å². The smallest absolute Gasteiger partial charge is 0.272 e. The quantitative estimate of drug-likeness (QED) is 0.556. The Kier molecular flexibility index (Phi) is 7.61. The van der Waals surface area contributed by atoms with E-state index in [1.807, 2.05) is 0 Å². The minimum Gasteiger partial charge on any atom is -0.484 e. The number of nitrogens with two attached hydrogens (primary N) is 1. The van der Waals surface area contributed by atoms with Gasteiger partial charge in [-0.25, -0.2) is 14.4 Å². The Hall–Kier alpha value is -3.53. The largest absolute Gasteiger partial charge is 0.484 e. The zero-order valence-corrected chi connectivity index (χ0v) is 15.8. The van der Waals surface area contributed by atoms with Gasteiger partial charge in [-0.3, -0.25) is 14.4 Å². The molecule has 9 nitrogen and oxygen atoms in total. The molecule has 0 aliphatic carbocycles. The molecule has 2 rings (SSSR count). The predicted octanol–water partition coefficient (Wildman–Crippen LogP) is 1.20. The van der Waals surface area contributed by atoms with Crippen molar-refractivity contribution in [2.45, 2.75) is 6.42 Å². The Morgan fingerprint density at radius 1 is 1.21 bits per heavy atom. The molecule has 152 valence electrons. The average Bonchev–Trinajstić information content (AvgIpc) is 2.68. The standard InChI is InChI=1S/C18H17ClFN5O4/c1-10(25-14(26)9-29-11-2-3-12(19)13(20)8-11)4-5-24-18(28)16-15(17(21)27)22-6-7-23-16/h2-3,6-8H,1,4-5,9H2,(H2,21,27)(H,24,28)(H,25,26). The molecule has 4 N–H and O–H groups in total. The highest BCUT2D eigenvalue weighted by Crippen LogP contribution is 2.20. The van der Waals surface area contributed by atoms with Crippen LogP contribution in [0.15, 0.2) is 42.9 Å². The third-order valence-electron chi connectivity index (χ3n) is 3.44. The highest BCUT2D eigenvalue weighted by molar-refractivity contribution is 6.30. The number of aromatic nitrogens is 2. The number of carbonyl (C=O) groups excluding carboxylic acids is 3. The second kappa shape index (κ2) is 10.1. The van der Waals surface area contributed by atoms with Gasteiger partial charge < -0.3 is 21.1 Å². The van der Waals surface area contributed by atoms with E-state index in [9.17, 15) is 18.8 Å². The monoisotopic (exact) mass is 421 g/mol. The van der Waals surface area contributed by atoms with Crippen LogP contribution < -0.4 is 21.1 Å². The molecule has 0 fully saturated rings. The van der Waals surface area contributed by atoms with Gasteiger partial charge in [0.05, 0.1) is 5.02 Å². The van der Waals surface area contributed by atoms with Crippen molar-refractivity contribution in [2.75, 3.05) is 13.2 Å².